The Morgan fingerprint density at radius 1 is 0.962 bits per heavy atom. The highest BCUT2D eigenvalue weighted by Crippen LogP contribution is 2.30. The molecule has 0 bridgehead atoms. The second-order valence-electron chi connectivity index (χ2n) is 5.54. The van der Waals surface area contributed by atoms with Gasteiger partial charge in [0.15, 0.2) is 0 Å². The van der Waals surface area contributed by atoms with Gasteiger partial charge in [0, 0.05) is 22.5 Å². The van der Waals surface area contributed by atoms with Crippen LogP contribution in [0.25, 0.3) is 33.1 Å². The van der Waals surface area contributed by atoms with Gasteiger partial charge in [0.1, 0.15) is 23.2 Å². The lowest BCUT2D eigenvalue weighted by Gasteiger charge is -2.09. The number of halogens is 3. The molecule has 1 N–H and O–H groups in total. The number of H-pyrrole nitrogens is 1. The maximum Gasteiger partial charge on any atom is 0.573 e. The van der Waals surface area contributed by atoms with E-state index >= 15 is 0 Å². The van der Waals surface area contributed by atoms with Crippen LogP contribution < -0.4 is 4.74 Å². The number of nitrogens with zero attached hydrogens (tertiary/aromatic N) is 3. The minimum atomic E-state index is -4.72. The third kappa shape index (κ3) is 2.91. The van der Waals surface area contributed by atoms with E-state index in [1.807, 2.05) is 12.1 Å². The minimum Gasteiger partial charge on any atom is -0.406 e. The van der Waals surface area contributed by atoms with E-state index in [4.69, 9.17) is 5.26 Å². The molecule has 0 aliphatic heterocycles. The van der Waals surface area contributed by atoms with E-state index in [1.165, 1.54) is 24.3 Å². The van der Waals surface area contributed by atoms with Crippen molar-refractivity contribution < 1.29 is 17.9 Å². The predicted molar refractivity (Wildman–Crippen MR) is 88.2 cm³/mol. The fourth-order valence-corrected chi connectivity index (χ4v) is 2.74. The molecule has 5 nitrogen and oxygen atoms in total. The largest absolute Gasteiger partial charge is 0.573 e. The Labute approximate surface area is 144 Å². The lowest BCUT2D eigenvalue weighted by Crippen LogP contribution is -2.16. The van der Waals surface area contributed by atoms with Crippen LogP contribution in [0.2, 0.25) is 0 Å². The van der Waals surface area contributed by atoms with Gasteiger partial charge in [-0.05, 0) is 29.8 Å². The van der Waals surface area contributed by atoms with Gasteiger partial charge in [-0.15, -0.1) is 13.2 Å². The van der Waals surface area contributed by atoms with Gasteiger partial charge in [0.2, 0.25) is 0 Å². The van der Waals surface area contributed by atoms with Gasteiger partial charge in [-0.2, -0.15) is 5.26 Å². The van der Waals surface area contributed by atoms with Crippen LogP contribution in [0, 0.1) is 11.3 Å². The van der Waals surface area contributed by atoms with Gasteiger partial charge in [-0.1, -0.05) is 12.1 Å². The molecule has 128 valence electrons. The molecule has 4 aromatic rings. The Hall–Kier alpha value is -3.60. The minimum absolute atomic E-state index is 0.285. The summed E-state index contributed by atoms with van der Waals surface area (Å²) in [6.07, 6.45) is -1.53. The lowest BCUT2D eigenvalue weighted by atomic mass is 10.1. The van der Waals surface area contributed by atoms with Crippen molar-refractivity contribution in [3.05, 3.63) is 54.5 Å². The number of hydrogen-bond donors (Lipinski definition) is 1. The summed E-state index contributed by atoms with van der Waals surface area (Å²) in [7, 11) is 0. The predicted octanol–water partition coefficient (Wildman–Crippen LogP) is 4.55. The van der Waals surface area contributed by atoms with Gasteiger partial charge in [0.25, 0.3) is 0 Å². The fraction of sp³-hybridized carbons (Fsp3) is 0.0556. The Balaban J connectivity index is 1.77. The molecule has 0 spiro atoms. The van der Waals surface area contributed by atoms with Crippen LogP contribution in [0.5, 0.6) is 5.75 Å². The van der Waals surface area contributed by atoms with Crippen molar-refractivity contribution in [1.29, 1.82) is 5.26 Å². The topological polar surface area (TPSA) is 74.6 Å². The normalized spacial score (nSPS) is 11.6. The number of hydrogen-bond acceptors (Lipinski definition) is 4. The Bertz CT molecular complexity index is 1160. The van der Waals surface area contributed by atoms with E-state index < -0.39 is 6.36 Å². The van der Waals surface area contributed by atoms with Gasteiger partial charge >= 0.3 is 6.36 Å². The molecule has 0 radical (unpaired) electrons. The first kappa shape index (κ1) is 15.9. The second kappa shape index (κ2) is 5.74. The molecule has 0 saturated heterocycles. The number of pyridine rings is 2. The molecule has 0 aliphatic rings. The van der Waals surface area contributed by atoms with Crippen molar-refractivity contribution in [1.82, 2.24) is 15.0 Å². The van der Waals surface area contributed by atoms with E-state index in [9.17, 15) is 13.2 Å². The number of rotatable bonds is 2. The van der Waals surface area contributed by atoms with Crippen LogP contribution in [0.1, 0.15) is 5.69 Å². The second-order valence-corrected chi connectivity index (χ2v) is 5.54. The zero-order chi connectivity index (χ0) is 18.3. The first-order valence-electron chi connectivity index (χ1n) is 7.47. The summed E-state index contributed by atoms with van der Waals surface area (Å²) >= 11 is 0. The zero-order valence-electron chi connectivity index (χ0n) is 13.0. The molecule has 26 heavy (non-hydrogen) atoms. The van der Waals surface area contributed by atoms with Gasteiger partial charge < -0.3 is 9.72 Å². The average Bonchev–Trinajstić information content (AvgIpc) is 2.98. The molecular weight excluding hydrogens is 345 g/mol. The molecule has 3 aromatic heterocycles. The number of nitriles is 1. The highest BCUT2D eigenvalue weighted by Gasteiger charge is 2.30. The molecule has 3 heterocycles. The SMILES string of the molecule is N#Cc1cc2c(cn1)[nH]c1ncc(-c3ccc(OC(F)(F)F)cc3)cc12. The van der Waals surface area contributed by atoms with E-state index in [0.29, 0.717) is 11.2 Å². The lowest BCUT2D eigenvalue weighted by molar-refractivity contribution is -0.274. The Morgan fingerprint density at radius 2 is 1.73 bits per heavy atom. The molecular formula is C18H9F3N4O. The quantitative estimate of drug-likeness (QED) is 0.573. The van der Waals surface area contributed by atoms with Gasteiger partial charge in [-0.3, -0.25) is 0 Å². The smallest absolute Gasteiger partial charge is 0.406 e. The van der Waals surface area contributed by atoms with Crippen molar-refractivity contribution in [3.63, 3.8) is 0 Å². The maximum atomic E-state index is 12.3. The van der Waals surface area contributed by atoms with Crippen LogP contribution >= 0.6 is 0 Å². The van der Waals surface area contributed by atoms with Crippen LogP contribution in [0.4, 0.5) is 13.2 Å². The summed E-state index contributed by atoms with van der Waals surface area (Å²) in [5.41, 5.74) is 3.10. The summed E-state index contributed by atoms with van der Waals surface area (Å²) in [6, 6.07) is 11.1. The van der Waals surface area contributed by atoms with Crippen LogP contribution in [0.3, 0.4) is 0 Å². The summed E-state index contributed by atoms with van der Waals surface area (Å²) < 4.78 is 40.6. The maximum absolute atomic E-state index is 12.3. The number of fused-ring (bicyclic) bond motifs is 3. The third-order valence-corrected chi connectivity index (χ3v) is 3.87. The van der Waals surface area contributed by atoms with Crippen LogP contribution in [0.15, 0.2) is 48.8 Å². The van der Waals surface area contributed by atoms with E-state index in [1.54, 1.807) is 18.5 Å². The summed E-state index contributed by atoms with van der Waals surface area (Å²) in [5.74, 6) is -0.285. The van der Waals surface area contributed by atoms with Crippen molar-refractivity contribution in [2.45, 2.75) is 6.36 Å². The van der Waals surface area contributed by atoms with Crippen LogP contribution in [-0.2, 0) is 0 Å². The highest BCUT2D eigenvalue weighted by molar-refractivity contribution is 6.06. The van der Waals surface area contributed by atoms with E-state index in [0.717, 1.165) is 21.9 Å². The number of aromatic amines is 1. The molecule has 0 amide bonds. The standard InChI is InChI=1S/C18H9F3N4O/c19-18(20,21)26-13-3-1-10(2-4-13)11-5-15-14-6-12(7-22)23-9-16(14)25-17(15)24-8-11/h1-6,8-9H,(H,24,25). The van der Waals surface area contributed by atoms with Crippen molar-refractivity contribution >= 4 is 21.9 Å². The van der Waals surface area contributed by atoms with Crippen molar-refractivity contribution in [2.24, 2.45) is 0 Å². The summed E-state index contributed by atoms with van der Waals surface area (Å²) in [5, 5.41) is 10.6. The number of ether oxygens (including phenoxy) is 1. The fourth-order valence-electron chi connectivity index (χ4n) is 2.74. The third-order valence-electron chi connectivity index (χ3n) is 3.87. The molecule has 0 saturated carbocycles. The first-order valence-corrected chi connectivity index (χ1v) is 7.47. The Kier molecular flexibility index (Phi) is 3.51. The van der Waals surface area contributed by atoms with Crippen molar-refractivity contribution in [3.8, 4) is 22.9 Å². The Morgan fingerprint density at radius 3 is 2.42 bits per heavy atom. The zero-order valence-corrected chi connectivity index (χ0v) is 13.0. The van der Waals surface area contributed by atoms with Crippen LogP contribution in [-0.4, -0.2) is 21.3 Å². The monoisotopic (exact) mass is 354 g/mol. The molecule has 0 unspecified atom stereocenters. The average molecular weight is 354 g/mol. The molecule has 1 aromatic carbocycles. The number of alkyl halides is 3. The van der Waals surface area contributed by atoms with E-state index in [2.05, 4.69) is 19.7 Å². The van der Waals surface area contributed by atoms with E-state index in [-0.39, 0.29) is 11.4 Å². The number of nitrogens with one attached hydrogen (secondary N) is 1. The van der Waals surface area contributed by atoms with Gasteiger partial charge in [-0.25, -0.2) is 9.97 Å². The number of aromatic nitrogens is 3. The van der Waals surface area contributed by atoms with Gasteiger partial charge in [0.05, 0.1) is 11.7 Å². The number of benzene rings is 1. The highest BCUT2D eigenvalue weighted by atomic mass is 19.4. The molecule has 0 atom stereocenters. The first-order chi connectivity index (χ1) is 12.4. The van der Waals surface area contributed by atoms with Crippen molar-refractivity contribution in [2.75, 3.05) is 0 Å². The molecule has 0 fully saturated rings. The molecule has 4 rings (SSSR count). The summed E-state index contributed by atoms with van der Waals surface area (Å²) in [6.45, 7) is 0. The summed E-state index contributed by atoms with van der Waals surface area (Å²) in [4.78, 5) is 11.5. The molecule has 8 heteroatoms. The molecule has 0 aliphatic carbocycles.